The third-order valence-corrected chi connectivity index (χ3v) is 7.53. The van der Waals surface area contributed by atoms with E-state index in [1.165, 1.54) is 37.8 Å². The van der Waals surface area contributed by atoms with Crippen LogP contribution in [0.1, 0.15) is 46.0 Å². The van der Waals surface area contributed by atoms with E-state index in [0.29, 0.717) is 24.9 Å². The Labute approximate surface area is 205 Å². The zero-order chi connectivity index (χ0) is 23.9. The van der Waals surface area contributed by atoms with Crippen molar-refractivity contribution in [3.8, 4) is 0 Å². The highest BCUT2D eigenvalue weighted by atomic mass is 16.2. The molecule has 2 amide bonds. The van der Waals surface area contributed by atoms with Gasteiger partial charge in [-0.3, -0.25) is 19.4 Å². The lowest BCUT2D eigenvalue weighted by molar-refractivity contribution is -0.135. The lowest BCUT2D eigenvalue weighted by Crippen LogP contribution is -2.52. The van der Waals surface area contributed by atoms with E-state index < -0.39 is 0 Å². The molecule has 3 aliphatic rings. The summed E-state index contributed by atoms with van der Waals surface area (Å²) < 4.78 is 0. The van der Waals surface area contributed by atoms with Gasteiger partial charge in [0, 0.05) is 63.7 Å². The molecule has 3 heterocycles. The van der Waals surface area contributed by atoms with E-state index in [2.05, 4.69) is 50.9 Å². The minimum absolute atomic E-state index is 0.0309. The van der Waals surface area contributed by atoms with Crippen molar-refractivity contribution in [2.45, 2.75) is 46.0 Å². The summed E-state index contributed by atoms with van der Waals surface area (Å²) in [6.07, 6.45) is 6.39. The number of hydrogen-bond acceptors (Lipinski definition) is 5. The van der Waals surface area contributed by atoms with Crippen molar-refractivity contribution < 1.29 is 9.59 Å². The summed E-state index contributed by atoms with van der Waals surface area (Å²) in [4.78, 5) is 34.3. The summed E-state index contributed by atoms with van der Waals surface area (Å²) in [7, 11) is 0. The van der Waals surface area contributed by atoms with Crippen LogP contribution in [0.15, 0.2) is 24.3 Å². The minimum Gasteiger partial charge on any atom is -0.372 e. The molecule has 1 N–H and O–H groups in total. The Morgan fingerprint density at radius 3 is 1.94 bits per heavy atom. The topological polar surface area (TPSA) is 59.1 Å². The first-order chi connectivity index (χ1) is 16.5. The number of likely N-dealkylation sites (tertiary alicyclic amines) is 1. The van der Waals surface area contributed by atoms with Gasteiger partial charge < -0.3 is 15.1 Å². The average molecular weight is 470 g/mol. The van der Waals surface area contributed by atoms with Gasteiger partial charge in [0.15, 0.2) is 0 Å². The molecule has 7 nitrogen and oxygen atoms in total. The summed E-state index contributed by atoms with van der Waals surface area (Å²) >= 11 is 0. The Morgan fingerprint density at radius 1 is 0.794 bits per heavy atom. The highest BCUT2D eigenvalue weighted by Gasteiger charge is 2.27. The second-order valence-corrected chi connectivity index (χ2v) is 10.8. The van der Waals surface area contributed by atoms with Crippen molar-refractivity contribution >= 4 is 23.2 Å². The number of rotatable bonds is 6. The van der Waals surface area contributed by atoms with Crippen LogP contribution in [0.4, 0.5) is 11.4 Å². The maximum absolute atomic E-state index is 12.8. The van der Waals surface area contributed by atoms with Gasteiger partial charge in [0.05, 0.1) is 13.1 Å². The first-order valence-electron chi connectivity index (χ1n) is 13.3. The van der Waals surface area contributed by atoms with Crippen LogP contribution < -0.4 is 10.2 Å². The fourth-order valence-electron chi connectivity index (χ4n) is 5.75. The molecule has 34 heavy (non-hydrogen) atoms. The number of anilines is 2. The predicted octanol–water partition coefficient (Wildman–Crippen LogP) is 3.13. The standard InChI is InChI=1S/C27H43N5O2/c1-22-17-23(2)19-32(18-22)27(34)21-30-15-13-29(14-16-30)20-26(33)28-24-7-9-25(10-8-24)31-11-5-3-4-6-12-31/h7-10,22-23H,3-6,11-21H2,1-2H3,(H,28,33). The summed E-state index contributed by atoms with van der Waals surface area (Å²) in [5.41, 5.74) is 2.11. The average Bonchev–Trinajstić information content (AvgIpc) is 3.10. The summed E-state index contributed by atoms with van der Waals surface area (Å²) in [5, 5.41) is 3.05. The van der Waals surface area contributed by atoms with E-state index >= 15 is 0 Å². The number of piperazine rings is 1. The number of nitrogens with one attached hydrogen (secondary N) is 1. The monoisotopic (exact) mass is 469 g/mol. The predicted molar refractivity (Wildman–Crippen MR) is 138 cm³/mol. The minimum atomic E-state index is 0.0309. The molecule has 2 unspecified atom stereocenters. The highest BCUT2D eigenvalue weighted by molar-refractivity contribution is 5.92. The molecule has 0 spiro atoms. The summed E-state index contributed by atoms with van der Waals surface area (Å²) in [6.45, 7) is 12.7. The van der Waals surface area contributed by atoms with Gasteiger partial charge >= 0.3 is 0 Å². The van der Waals surface area contributed by atoms with Crippen molar-refractivity contribution in [3.05, 3.63) is 24.3 Å². The van der Waals surface area contributed by atoms with Gasteiger partial charge in [-0.1, -0.05) is 26.7 Å². The van der Waals surface area contributed by atoms with Crippen LogP contribution in [0.25, 0.3) is 0 Å². The number of benzene rings is 1. The molecule has 4 rings (SSSR count). The smallest absolute Gasteiger partial charge is 0.238 e. The van der Waals surface area contributed by atoms with Crippen molar-refractivity contribution in [1.82, 2.24) is 14.7 Å². The quantitative estimate of drug-likeness (QED) is 0.694. The molecule has 3 aliphatic heterocycles. The molecule has 188 valence electrons. The van der Waals surface area contributed by atoms with Crippen LogP contribution in [0.2, 0.25) is 0 Å². The van der Waals surface area contributed by atoms with Crippen LogP contribution in [0.5, 0.6) is 0 Å². The third kappa shape index (κ3) is 7.19. The van der Waals surface area contributed by atoms with Crippen molar-refractivity contribution in [2.24, 2.45) is 11.8 Å². The van der Waals surface area contributed by atoms with E-state index in [-0.39, 0.29) is 11.8 Å². The Kier molecular flexibility index (Phi) is 8.84. The Bertz CT molecular complexity index is 788. The van der Waals surface area contributed by atoms with E-state index in [4.69, 9.17) is 0 Å². The molecule has 7 heteroatoms. The number of hydrogen-bond donors (Lipinski definition) is 1. The zero-order valence-corrected chi connectivity index (χ0v) is 21.2. The van der Waals surface area contributed by atoms with Crippen LogP contribution in [-0.2, 0) is 9.59 Å². The molecule has 2 atom stereocenters. The molecule has 0 radical (unpaired) electrons. The largest absolute Gasteiger partial charge is 0.372 e. The van der Waals surface area contributed by atoms with Crippen LogP contribution in [0, 0.1) is 11.8 Å². The Balaban J connectivity index is 1.17. The lowest BCUT2D eigenvalue weighted by atomic mass is 9.92. The molecule has 0 aliphatic carbocycles. The number of carbonyl (C=O) groups is 2. The molecular formula is C27H43N5O2. The molecule has 0 aromatic heterocycles. The van der Waals surface area contributed by atoms with Gasteiger partial charge in [-0.15, -0.1) is 0 Å². The number of piperidine rings is 1. The van der Waals surface area contributed by atoms with E-state index in [1.807, 2.05) is 12.1 Å². The van der Waals surface area contributed by atoms with Crippen molar-refractivity contribution in [3.63, 3.8) is 0 Å². The normalized spacial score (nSPS) is 25.1. The molecule has 0 saturated carbocycles. The Hall–Kier alpha value is -2.12. The summed E-state index contributed by atoms with van der Waals surface area (Å²) in [5.74, 6) is 1.47. The molecule has 3 fully saturated rings. The molecule has 1 aromatic carbocycles. The number of nitrogens with zero attached hydrogens (tertiary/aromatic N) is 4. The van der Waals surface area contributed by atoms with Crippen LogP contribution in [-0.4, -0.2) is 92.0 Å². The van der Waals surface area contributed by atoms with E-state index in [9.17, 15) is 9.59 Å². The van der Waals surface area contributed by atoms with Gasteiger partial charge in [0.25, 0.3) is 0 Å². The van der Waals surface area contributed by atoms with Gasteiger partial charge in [-0.2, -0.15) is 0 Å². The van der Waals surface area contributed by atoms with Crippen molar-refractivity contribution in [1.29, 1.82) is 0 Å². The van der Waals surface area contributed by atoms with Crippen molar-refractivity contribution in [2.75, 3.05) is 75.7 Å². The van der Waals surface area contributed by atoms with E-state index in [0.717, 1.165) is 58.0 Å². The van der Waals surface area contributed by atoms with Gasteiger partial charge in [0.2, 0.25) is 11.8 Å². The van der Waals surface area contributed by atoms with Crippen LogP contribution in [0.3, 0.4) is 0 Å². The third-order valence-electron chi connectivity index (χ3n) is 7.53. The first kappa shape index (κ1) is 25.0. The second kappa shape index (κ2) is 12.0. The maximum Gasteiger partial charge on any atom is 0.238 e. The second-order valence-electron chi connectivity index (χ2n) is 10.8. The summed E-state index contributed by atoms with van der Waals surface area (Å²) in [6, 6.07) is 8.29. The maximum atomic E-state index is 12.8. The zero-order valence-electron chi connectivity index (χ0n) is 21.2. The number of carbonyl (C=O) groups excluding carboxylic acids is 2. The highest BCUT2D eigenvalue weighted by Crippen LogP contribution is 2.22. The molecule has 1 aromatic rings. The van der Waals surface area contributed by atoms with Gasteiger partial charge in [-0.05, 0) is 55.4 Å². The van der Waals surface area contributed by atoms with Gasteiger partial charge in [-0.25, -0.2) is 0 Å². The molecule has 3 saturated heterocycles. The fourth-order valence-corrected chi connectivity index (χ4v) is 5.75. The SMILES string of the molecule is CC1CC(C)CN(C(=O)CN2CCN(CC(=O)Nc3ccc(N4CCCCCC4)cc3)CC2)C1. The van der Waals surface area contributed by atoms with E-state index in [1.54, 1.807) is 0 Å². The number of amides is 2. The molecular weight excluding hydrogens is 426 g/mol. The lowest BCUT2D eigenvalue weighted by Gasteiger charge is -2.38. The first-order valence-corrected chi connectivity index (χ1v) is 13.3. The Morgan fingerprint density at radius 2 is 1.35 bits per heavy atom. The molecule has 0 bridgehead atoms. The fraction of sp³-hybridized carbons (Fsp3) is 0.704. The van der Waals surface area contributed by atoms with Crippen LogP contribution >= 0.6 is 0 Å². The van der Waals surface area contributed by atoms with Gasteiger partial charge in [0.1, 0.15) is 0 Å².